The van der Waals surface area contributed by atoms with Crippen LogP contribution in [0.2, 0.25) is 0 Å². The van der Waals surface area contributed by atoms with Crippen LogP contribution in [-0.2, 0) is 21.3 Å². The van der Waals surface area contributed by atoms with Gasteiger partial charge in [-0.1, -0.05) is 38.1 Å². The first-order chi connectivity index (χ1) is 13.3. The molecule has 7 nitrogen and oxygen atoms in total. The lowest BCUT2D eigenvalue weighted by atomic mass is 9.79. The number of hydrogen-bond acceptors (Lipinski definition) is 6. The average molecular weight is 397 g/mol. The van der Waals surface area contributed by atoms with Gasteiger partial charge in [-0.25, -0.2) is 5.01 Å². The van der Waals surface area contributed by atoms with E-state index in [1.165, 1.54) is 0 Å². The minimum atomic E-state index is -3.70. The van der Waals surface area contributed by atoms with Crippen LogP contribution in [0.25, 0.3) is 0 Å². The molecule has 0 amide bonds. The summed E-state index contributed by atoms with van der Waals surface area (Å²) in [5.74, 6) is 0.583. The maximum Gasteiger partial charge on any atom is 0.491 e. The second-order valence-electron chi connectivity index (χ2n) is 7.23. The summed E-state index contributed by atoms with van der Waals surface area (Å²) >= 11 is 0. The van der Waals surface area contributed by atoms with Gasteiger partial charge in [-0.2, -0.15) is 13.5 Å². The zero-order valence-corrected chi connectivity index (χ0v) is 16.4. The second kappa shape index (κ2) is 7.16. The zero-order chi connectivity index (χ0) is 19.9. The van der Waals surface area contributed by atoms with Crippen LogP contribution in [0.4, 0.5) is 0 Å². The molecule has 2 aromatic carbocycles. The molecule has 0 spiro atoms. The molecule has 0 saturated heterocycles. The van der Waals surface area contributed by atoms with Crippen LogP contribution in [0.1, 0.15) is 30.5 Å². The number of amidine groups is 1. The molecule has 0 radical (unpaired) electrons. The number of fused-ring (bicyclic) bond motifs is 2. The number of sulfonamides is 1. The van der Waals surface area contributed by atoms with E-state index in [-0.39, 0.29) is 10.8 Å². The standard InChI is InChI=1S/C19H20BN3O4S/c1-13(2)11-23(19-16-5-3-4-6-18(16)28(25,26)22-19)21-10-14-7-8-17-15(9-14)12-27-20(17)24/h3-10,13,24H,11-12H2,1-2H3/b21-10+. The Labute approximate surface area is 164 Å². The number of rotatable bonds is 4. The highest BCUT2D eigenvalue weighted by atomic mass is 32.2. The molecule has 0 aromatic heterocycles. The quantitative estimate of drug-likeness (QED) is 0.478. The molecule has 9 heteroatoms. The summed E-state index contributed by atoms with van der Waals surface area (Å²) in [6.45, 7) is 4.94. The molecule has 0 saturated carbocycles. The number of hydrazone groups is 1. The molecule has 1 N–H and O–H groups in total. The Hall–Kier alpha value is -2.49. The van der Waals surface area contributed by atoms with Crippen LogP contribution in [0.3, 0.4) is 0 Å². The van der Waals surface area contributed by atoms with Gasteiger partial charge >= 0.3 is 7.12 Å². The van der Waals surface area contributed by atoms with Gasteiger partial charge < -0.3 is 9.68 Å². The third kappa shape index (κ3) is 3.48. The first kappa shape index (κ1) is 18.9. The molecule has 0 aliphatic carbocycles. The van der Waals surface area contributed by atoms with E-state index in [1.54, 1.807) is 35.5 Å². The first-order valence-electron chi connectivity index (χ1n) is 9.03. The number of hydrogen-bond donors (Lipinski definition) is 1. The fourth-order valence-corrected chi connectivity index (χ4v) is 4.48. The molecule has 144 valence electrons. The van der Waals surface area contributed by atoms with Crippen LogP contribution >= 0.6 is 0 Å². The van der Waals surface area contributed by atoms with Crippen LogP contribution in [0, 0.1) is 5.92 Å². The average Bonchev–Trinajstić information content (AvgIpc) is 3.16. The van der Waals surface area contributed by atoms with Crippen LogP contribution in [0.15, 0.2) is 56.9 Å². The summed E-state index contributed by atoms with van der Waals surface area (Å²) in [6, 6.07) is 12.3. The molecule has 28 heavy (non-hydrogen) atoms. The van der Waals surface area contributed by atoms with E-state index in [4.69, 9.17) is 4.65 Å². The van der Waals surface area contributed by atoms with Gasteiger partial charge in [0.2, 0.25) is 0 Å². The lowest BCUT2D eigenvalue weighted by Crippen LogP contribution is -2.30. The van der Waals surface area contributed by atoms with E-state index >= 15 is 0 Å². The highest BCUT2D eigenvalue weighted by Gasteiger charge is 2.32. The molecule has 0 bridgehead atoms. The van der Waals surface area contributed by atoms with Crippen molar-refractivity contribution in [2.24, 2.45) is 15.4 Å². The molecule has 2 aliphatic heterocycles. The van der Waals surface area contributed by atoms with E-state index < -0.39 is 17.1 Å². The summed E-state index contributed by atoms with van der Waals surface area (Å²) in [5, 5.41) is 15.9. The van der Waals surface area contributed by atoms with Gasteiger partial charge in [0.25, 0.3) is 10.0 Å². The van der Waals surface area contributed by atoms with E-state index in [0.717, 1.165) is 16.6 Å². The Morgan fingerprint density at radius 2 is 2.11 bits per heavy atom. The molecular formula is C19H20BN3O4S. The van der Waals surface area contributed by atoms with Crippen LogP contribution < -0.4 is 5.46 Å². The van der Waals surface area contributed by atoms with Gasteiger partial charge in [-0.15, -0.1) is 4.40 Å². The van der Waals surface area contributed by atoms with Crippen LogP contribution in [-0.4, -0.2) is 44.2 Å². The van der Waals surface area contributed by atoms with Crippen molar-refractivity contribution < 1.29 is 18.1 Å². The largest absolute Gasteiger partial charge is 0.491 e. The smallest absolute Gasteiger partial charge is 0.423 e. The third-order valence-electron chi connectivity index (χ3n) is 4.57. The van der Waals surface area contributed by atoms with Crippen molar-refractivity contribution in [3.05, 3.63) is 59.2 Å². The Morgan fingerprint density at radius 3 is 2.89 bits per heavy atom. The molecule has 0 fully saturated rings. The maximum absolute atomic E-state index is 12.4. The predicted octanol–water partition coefficient (Wildman–Crippen LogP) is 1.35. The van der Waals surface area contributed by atoms with Crippen molar-refractivity contribution in [1.29, 1.82) is 0 Å². The van der Waals surface area contributed by atoms with Crippen LogP contribution in [0.5, 0.6) is 0 Å². The topological polar surface area (TPSA) is 91.6 Å². The van der Waals surface area contributed by atoms with Gasteiger partial charge in [0, 0.05) is 12.1 Å². The molecule has 2 aliphatic rings. The molecular weight excluding hydrogens is 377 g/mol. The SMILES string of the molecule is CC(C)CN(/N=C/c1ccc2c(c1)COB2O)C1=NS(=O)(=O)c2ccccc21. The van der Waals surface area contributed by atoms with Crippen molar-refractivity contribution in [2.75, 3.05) is 6.54 Å². The van der Waals surface area contributed by atoms with Crippen molar-refractivity contribution in [1.82, 2.24) is 5.01 Å². The number of benzene rings is 2. The Bertz CT molecular complexity index is 1080. The summed E-state index contributed by atoms with van der Waals surface area (Å²) in [4.78, 5) is 0.206. The Kier molecular flexibility index (Phi) is 4.82. The van der Waals surface area contributed by atoms with E-state index in [0.29, 0.717) is 24.6 Å². The van der Waals surface area contributed by atoms with Gasteiger partial charge in [0.15, 0.2) is 5.84 Å². The van der Waals surface area contributed by atoms with E-state index in [1.807, 2.05) is 32.0 Å². The third-order valence-corrected chi connectivity index (χ3v) is 5.90. The molecule has 2 heterocycles. The van der Waals surface area contributed by atoms with Gasteiger partial charge in [0.05, 0.1) is 12.8 Å². The fraction of sp³-hybridized carbons (Fsp3) is 0.263. The van der Waals surface area contributed by atoms with Crippen molar-refractivity contribution in [2.45, 2.75) is 25.3 Å². The first-order valence-corrected chi connectivity index (χ1v) is 10.5. The lowest BCUT2D eigenvalue weighted by Gasteiger charge is -2.21. The lowest BCUT2D eigenvalue weighted by molar-refractivity contribution is 0.275. The van der Waals surface area contributed by atoms with Gasteiger partial charge in [-0.05, 0) is 40.7 Å². The molecule has 0 unspecified atom stereocenters. The zero-order valence-electron chi connectivity index (χ0n) is 15.6. The summed E-state index contributed by atoms with van der Waals surface area (Å²) in [6.07, 6.45) is 1.67. The monoisotopic (exact) mass is 397 g/mol. The molecule has 4 rings (SSSR count). The summed E-state index contributed by atoms with van der Waals surface area (Å²) in [7, 11) is -4.59. The normalized spacial score (nSPS) is 17.1. The van der Waals surface area contributed by atoms with Crippen molar-refractivity contribution >= 4 is 34.7 Å². The predicted molar refractivity (Wildman–Crippen MR) is 108 cm³/mol. The highest BCUT2D eigenvalue weighted by molar-refractivity contribution is 7.90. The second-order valence-corrected chi connectivity index (χ2v) is 8.80. The van der Waals surface area contributed by atoms with Crippen molar-refractivity contribution in [3.8, 4) is 0 Å². The molecule has 2 aromatic rings. The van der Waals surface area contributed by atoms with Gasteiger partial charge in [-0.3, -0.25) is 0 Å². The Balaban J connectivity index is 1.68. The summed E-state index contributed by atoms with van der Waals surface area (Å²) in [5.41, 5.74) is 3.07. The fourth-order valence-electron chi connectivity index (χ4n) is 3.28. The number of nitrogens with zero attached hydrogens (tertiary/aromatic N) is 3. The molecule has 0 atom stereocenters. The minimum absolute atomic E-state index is 0.206. The van der Waals surface area contributed by atoms with E-state index in [9.17, 15) is 13.4 Å². The van der Waals surface area contributed by atoms with Crippen molar-refractivity contribution in [3.63, 3.8) is 0 Å². The maximum atomic E-state index is 12.4. The minimum Gasteiger partial charge on any atom is -0.423 e. The summed E-state index contributed by atoms with van der Waals surface area (Å²) < 4.78 is 34.0. The van der Waals surface area contributed by atoms with Gasteiger partial charge in [0.1, 0.15) is 4.90 Å². The van der Waals surface area contributed by atoms with E-state index in [2.05, 4.69) is 9.50 Å². The Morgan fingerprint density at radius 1 is 1.32 bits per heavy atom. The highest BCUT2D eigenvalue weighted by Crippen LogP contribution is 2.28.